The fourth-order valence-electron chi connectivity index (χ4n) is 1.76. The minimum Gasteiger partial charge on any atom is -0.392 e. The van der Waals surface area contributed by atoms with E-state index in [1.54, 1.807) is 12.3 Å². The Morgan fingerprint density at radius 2 is 1.74 bits per heavy atom. The van der Waals surface area contributed by atoms with Gasteiger partial charge in [-0.2, -0.15) is 5.26 Å². The normalized spacial score (nSPS) is 10.1. The number of aliphatic hydroxyl groups excluding tert-OH is 1. The third-order valence-corrected chi connectivity index (χ3v) is 2.80. The molecule has 0 radical (unpaired) electrons. The van der Waals surface area contributed by atoms with Crippen molar-refractivity contribution in [1.29, 1.82) is 5.26 Å². The number of aliphatic hydroxyl groups is 1. The lowest BCUT2D eigenvalue weighted by atomic mass is 10.1. The van der Waals surface area contributed by atoms with E-state index in [9.17, 15) is 0 Å². The van der Waals surface area contributed by atoms with E-state index < -0.39 is 0 Å². The van der Waals surface area contributed by atoms with Crippen molar-refractivity contribution in [1.82, 2.24) is 10.3 Å². The molecule has 0 bridgehead atoms. The second-order valence-electron chi connectivity index (χ2n) is 4.24. The van der Waals surface area contributed by atoms with Gasteiger partial charge < -0.3 is 10.4 Å². The number of rotatable bonds is 5. The molecular weight excluding hydrogens is 238 g/mol. The van der Waals surface area contributed by atoms with Gasteiger partial charge in [0.25, 0.3) is 0 Å². The van der Waals surface area contributed by atoms with Gasteiger partial charge in [-0.05, 0) is 28.8 Å². The highest BCUT2D eigenvalue weighted by atomic mass is 16.3. The summed E-state index contributed by atoms with van der Waals surface area (Å²) in [5, 5.41) is 21.0. The molecule has 0 unspecified atom stereocenters. The van der Waals surface area contributed by atoms with Crippen molar-refractivity contribution in [3.63, 3.8) is 0 Å². The largest absolute Gasteiger partial charge is 0.392 e. The Kier molecular flexibility index (Phi) is 4.62. The first-order valence-electron chi connectivity index (χ1n) is 6.06. The second-order valence-corrected chi connectivity index (χ2v) is 4.24. The topological polar surface area (TPSA) is 68.9 Å². The molecule has 0 spiro atoms. The van der Waals surface area contributed by atoms with Crippen LogP contribution in [0.4, 0.5) is 0 Å². The standard InChI is InChI=1S/C15H15N3O/c16-8-15-7-14(5-6-18-15)10-17-9-12-1-3-13(11-19)4-2-12/h1-7,17,19H,9-11H2. The minimum atomic E-state index is 0.0711. The summed E-state index contributed by atoms with van der Waals surface area (Å²) in [6.45, 7) is 1.51. The van der Waals surface area contributed by atoms with Gasteiger partial charge >= 0.3 is 0 Å². The van der Waals surface area contributed by atoms with Crippen LogP contribution in [-0.2, 0) is 19.7 Å². The Morgan fingerprint density at radius 3 is 2.42 bits per heavy atom. The quantitative estimate of drug-likeness (QED) is 0.851. The summed E-state index contributed by atoms with van der Waals surface area (Å²) in [4.78, 5) is 3.93. The number of nitriles is 1. The summed E-state index contributed by atoms with van der Waals surface area (Å²) >= 11 is 0. The lowest BCUT2D eigenvalue weighted by Crippen LogP contribution is -2.12. The molecule has 0 fully saturated rings. The third kappa shape index (κ3) is 3.88. The van der Waals surface area contributed by atoms with E-state index in [0.29, 0.717) is 12.2 Å². The first-order valence-corrected chi connectivity index (χ1v) is 6.06. The van der Waals surface area contributed by atoms with Crippen molar-refractivity contribution >= 4 is 0 Å². The van der Waals surface area contributed by atoms with Crippen molar-refractivity contribution in [3.8, 4) is 6.07 Å². The Labute approximate surface area is 112 Å². The van der Waals surface area contributed by atoms with Gasteiger partial charge in [0.2, 0.25) is 0 Å². The van der Waals surface area contributed by atoms with Gasteiger partial charge in [-0.15, -0.1) is 0 Å². The number of pyridine rings is 1. The average Bonchev–Trinajstić information content (AvgIpc) is 2.48. The van der Waals surface area contributed by atoms with E-state index in [4.69, 9.17) is 10.4 Å². The highest BCUT2D eigenvalue weighted by Crippen LogP contribution is 2.05. The van der Waals surface area contributed by atoms with Gasteiger partial charge in [0, 0.05) is 19.3 Å². The lowest BCUT2D eigenvalue weighted by molar-refractivity contribution is 0.282. The van der Waals surface area contributed by atoms with E-state index >= 15 is 0 Å². The second kappa shape index (κ2) is 6.64. The van der Waals surface area contributed by atoms with Crippen LogP contribution in [0.1, 0.15) is 22.4 Å². The zero-order valence-electron chi connectivity index (χ0n) is 10.5. The van der Waals surface area contributed by atoms with Crippen LogP contribution < -0.4 is 5.32 Å². The number of nitrogens with zero attached hydrogens (tertiary/aromatic N) is 2. The van der Waals surface area contributed by atoms with Crippen LogP contribution in [0.5, 0.6) is 0 Å². The Morgan fingerprint density at radius 1 is 1.05 bits per heavy atom. The van der Waals surface area contributed by atoms with Gasteiger partial charge in [-0.1, -0.05) is 24.3 Å². The smallest absolute Gasteiger partial charge is 0.140 e. The summed E-state index contributed by atoms with van der Waals surface area (Å²) in [6, 6.07) is 13.5. The Balaban J connectivity index is 1.87. The molecule has 0 aliphatic heterocycles. The first kappa shape index (κ1) is 13.2. The highest BCUT2D eigenvalue weighted by Gasteiger charge is 1.97. The molecule has 0 aliphatic carbocycles. The van der Waals surface area contributed by atoms with Gasteiger partial charge in [-0.25, -0.2) is 4.98 Å². The van der Waals surface area contributed by atoms with Crippen LogP contribution in [0.2, 0.25) is 0 Å². The number of hydrogen-bond donors (Lipinski definition) is 2. The van der Waals surface area contributed by atoms with Crippen LogP contribution in [0.25, 0.3) is 0 Å². The fourth-order valence-corrected chi connectivity index (χ4v) is 1.76. The van der Waals surface area contributed by atoms with E-state index in [1.165, 1.54) is 0 Å². The van der Waals surface area contributed by atoms with Gasteiger partial charge in [0.15, 0.2) is 0 Å². The predicted octanol–water partition coefficient (Wildman–Crippen LogP) is 1.74. The molecule has 0 saturated carbocycles. The van der Waals surface area contributed by atoms with Crippen LogP contribution in [0.3, 0.4) is 0 Å². The van der Waals surface area contributed by atoms with Crippen LogP contribution in [0, 0.1) is 11.3 Å². The molecular formula is C15H15N3O. The summed E-state index contributed by atoms with van der Waals surface area (Å²) in [5.41, 5.74) is 3.55. The van der Waals surface area contributed by atoms with Crippen molar-refractivity contribution in [2.75, 3.05) is 0 Å². The molecule has 2 aromatic rings. The molecule has 0 amide bonds. The van der Waals surface area contributed by atoms with Gasteiger partial charge in [0.1, 0.15) is 11.8 Å². The molecule has 2 N–H and O–H groups in total. The first-order chi connectivity index (χ1) is 9.31. The highest BCUT2D eigenvalue weighted by molar-refractivity contribution is 5.25. The summed E-state index contributed by atoms with van der Waals surface area (Å²) < 4.78 is 0. The van der Waals surface area contributed by atoms with E-state index in [-0.39, 0.29) is 6.61 Å². The molecule has 4 nitrogen and oxygen atoms in total. The van der Waals surface area contributed by atoms with E-state index in [2.05, 4.69) is 10.3 Å². The molecule has 0 aliphatic rings. The van der Waals surface area contributed by atoms with Crippen LogP contribution in [0.15, 0.2) is 42.6 Å². The number of nitrogens with one attached hydrogen (secondary N) is 1. The number of hydrogen-bond acceptors (Lipinski definition) is 4. The molecule has 4 heteroatoms. The molecule has 0 atom stereocenters. The van der Waals surface area contributed by atoms with E-state index in [1.807, 2.05) is 36.4 Å². The molecule has 1 aromatic heterocycles. The van der Waals surface area contributed by atoms with Crippen molar-refractivity contribution in [2.45, 2.75) is 19.7 Å². The molecule has 0 saturated heterocycles. The van der Waals surface area contributed by atoms with E-state index in [0.717, 1.165) is 23.2 Å². The zero-order valence-corrected chi connectivity index (χ0v) is 10.5. The molecule has 96 valence electrons. The molecule has 19 heavy (non-hydrogen) atoms. The summed E-state index contributed by atoms with van der Waals surface area (Å²) in [7, 11) is 0. The van der Waals surface area contributed by atoms with Crippen molar-refractivity contribution < 1.29 is 5.11 Å². The number of benzene rings is 1. The van der Waals surface area contributed by atoms with Crippen molar-refractivity contribution in [2.24, 2.45) is 0 Å². The molecule has 2 rings (SSSR count). The zero-order chi connectivity index (χ0) is 13.5. The minimum absolute atomic E-state index is 0.0711. The van der Waals surface area contributed by atoms with Crippen LogP contribution >= 0.6 is 0 Å². The Hall–Kier alpha value is -2.22. The monoisotopic (exact) mass is 253 g/mol. The SMILES string of the molecule is N#Cc1cc(CNCc2ccc(CO)cc2)ccn1. The Bertz CT molecular complexity index is 573. The van der Waals surface area contributed by atoms with Crippen LogP contribution in [-0.4, -0.2) is 10.1 Å². The average molecular weight is 253 g/mol. The fraction of sp³-hybridized carbons (Fsp3) is 0.200. The summed E-state index contributed by atoms with van der Waals surface area (Å²) in [6.07, 6.45) is 1.64. The van der Waals surface area contributed by atoms with Crippen molar-refractivity contribution in [3.05, 3.63) is 65.0 Å². The predicted molar refractivity (Wildman–Crippen MR) is 71.9 cm³/mol. The van der Waals surface area contributed by atoms with Gasteiger partial charge in [0.05, 0.1) is 6.61 Å². The maximum atomic E-state index is 8.95. The summed E-state index contributed by atoms with van der Waals surface area (Å²) in [5.74, 6) is 0. The number of aromatic nitrogens is 1. The third-order valence-electron chi connectivity index (χ3n) is 2.80. The lowest BCUT2D eigenvalue weighted by Gasteiger charge is -2.06. The maximum absolute atomic E-state index is 8.95. The maximum Gasteiger partial charge on any atom is 0.140 e. The van der Waals surface area contributed by atoms with Gasteiger partial charge in [-0.3, -0.25) is 0 Å². The molecule has 1 heterocycles. The molecule has 1 aromatic carbocycles.